The van der Waals surface area contributed by atoms with E-state index in [4.69, 9.17) is 4.74 Å². The van der Waals surface area contributed by atoms with Crippen molar-refractivity contribution in [2.75, 3.05) is 13.2 Å². The minimum atomic E-state index is -0.155. The van der Waals surface area contributed by atoms with Gasteiger partial charge >= 0.3 is 5.97 Å². The van der Waals surface area contributed by atoms with Gasteiger partial charge in [-0.05, 0) is 23.9 Å². The minimum Gasteiger partial charge on any atom is -0.466 e. The Hall–Kier alpha value is -1.94. The topological polar surface area (TPSA) is 51.2 Å². The predicted octanol–water partition coefficient (Wildman–Crippen LogP) is 2.28. The number of benzene rings is 1. The van der Waals surface area contributed by atoms with Gasteiger partial charge in [0.2, 0.25) is 0 Å². The van der Waals surface area contributed by atoms with E-state index in [0.717, 1.165) is 11.9 Å². The third-order valence-electron chi connectivity index (χ3n) is 2.90. The summed E-state index contributed by atoms with van der Waals surface area (Å²) < 4.78 is 4.88. The molecule has 0 amide bonds. The number of carbonyl (C=O) groups is 1. The molecule has 1 N–H and O–H groups in total. The lowest BCUT2D eigenvalue weighted by Gasteiger charge is -2.07. The molecule has 19 heavy (non-hydrogen) atoms. The second-order valence-corrected chi connectivity index (χ2v) is 4.25. The fourth-order valence-corrected chi connectivity index (χ4v) is 1.99. The van der Waals surface area contributed by atoms with Crippen LogP contribution in [0.3, 0.4) is 0 Å². The zero-order chi connectivity index (χ0) is 13.5. The summed E-state index contributed by atoms with van der Waals surface area (Å²) in [6, 6.07) is 8.16. The maximum atomic E-state index is 11.2. The van der Waals surface area contributed by atoms with Crippen LogP contribution in [0.25, 0.3) is 10.8 Å². The van der Waals surface area contributed by atoms with E-state index < -0.39 is 0 Å². The standard InChI is InChI=1S/C15H18N2O2/c1-2-19-15(18)7-9-17-11-13-5-3-4-12-10-16-8-6-14(12)13/h3-6,8,10,17H,2,7,9,11H2,1H3. The Balaban J connectivity index is 1.90. The largest absolute Gasteiger partial charge is 0.466 e. The molecule has 0 saturated heterocycles. The first-order chi connectivity index (χ1) is 9.31. The van der Waals surface area contributed by atoms with E-state index in [0.29, 0.717) is 19.6 Å². The number of rotatable bonds is 6. The summed E-state index contributed by atoms with van der Waals surface area (Å²) in [5.74, 6) is -0.155. The van der Waals surface area contributed by atoms with Crippen LogP contribution in [0.15, 0.2) is 36.7 Å². The fourth-order valence-electron chi connectivity index (χ4n) is 1.99. The summed E-state index contributed by atoms with van der Waals surface area (Å²) in [4.78, 5) is 15.3. The van der Waals surface area contributed by atoms with Crippen LogP contribution in [0, 0.1) is 0 Å². The van der Waals surface area contributed by atoms with Gasteiger partial charge in [-0.2, -0.15) is 0 Å². The van der Waals surface area contributed by atoms with Gasteiger partial charge in [-0.15, -0.1) is 0 Å². The van der Waals surface area contributed by atoms with Crippen molar-refractivity contribution in [2.45, 2.75) is 19.9 Å². The molecule has 4 nitrogen and oxygen atoms in total. The maximum Gasteiger partial charge on any atom is 0.307 e. The van der Waals surface area contributed by atoms with Crippen LogP contribution in [0.2, 0.25) is 0 Å². The SMILES string of the molecule is CCOC(=O)CCNCc1cccc2cnccc12. The van der Waals surface area contributed by atoms with Crippen molar-refractivity contribution < 1.29 is 9.53 Å². The molecule has 1 aromatic carbocycles. The van der Waals surface area contributed by atoms with Gasteiger partial charge in [0.25, 0.3) is 0 Å². The van der Waals surface area contributed by atoms with Crippen LogP contribution in [-0.2, 0) is 16.1 Å². The molecule has 4 heteroatoms. The molecule has 0 saturated carbocycles. The molecule has 0 spiro atoms. The lowest BCUT2D eigenvalue weighted by atomic mass is 10.1. The lowest BCUT2D eigenvalue weighted by molar-refractivity contribution is -0.142. The number of hydrogen-bond acceptors (Lipinski definition) is 4. The molecular formula is C15H18N2O2. The number of ether oxygens (including phenoxy) is 1. The minimum absolute atomic E-state index is 0.155. The van der Waals surface area contributed by atoms with Crippen molar-refractivity contribution in [3.63, 3.8) is 0 Å². The molecule has 0 radical (unpaired) electrons. The molecule has 0 aliphatic heterocycles. The second kappa shape index (κ2) is 6.85. The van der Waals surface area contributed by atoms with Gasteiger partial charge in [0.15, 0.2) is 0 Å². The molecule has 0 aliphatic carbocycles. The van der Waals surface area contributed by atoms with E-state index in [-0.39, 0.29) is 5.97 Å². The average molecular weight is 258 g/mol. The molecule has 0 aliphatic rings. The number of fused-ring (bicyclic) bond motifs is 1. The molecule has 100 valence electrons. The summed E-state index contributed by atoms with van der Waals surface area (Å²) in [5.41, 5.74) is 1.21. The van der Waals surface area contributed by atoms with Gasteiger partial charge in [-0.1, -0.05) is 18.2 Å². The Bertz CT molecular complexity index is 549. The Morgan fingerprint density at radius 3 is 3.11 bits per heavy atom. The van der Waals surface area contributed by atoms with Crippen molar-refractivity contribution >= 4 is 16.7 Å². The van der Waals surface area contributed by atoms with E-state index in [2.05, 4.69) is 16.4 Å². The molecule has 0 unspecified atom stereocenters. The molecule has 1 aromatic heterocycles. The summed E-state index contributed by atoms with van der Waals surface area (Å²) in [6.07, 6.45) is 4.06. The Morgan fingerprint density at radius 1 is 1.37 bits per heavy atom. The van der Waals surface area contributed by atoms with Gasteiger partial charge < -0.3 is 10.1 Å². The summed E-state index contributed by atoms with van der Waals surface area (Å²) in [7, 11) is 0. The van der Waals surface area contributed by atoms with E-state index in [1.54, 1.807) is 6.20 Å². The molecule has 0 atom stereocenters. The normalized spacial score (nSPS) is 10.6. The highest BCUT2D eigenvalue weighted by atomic mass is 16.5. The zero-order valence-corrected chi connectivity index (χ0v) is 11.1. The van der Waals surface area contributed by atoms with E-state index >= 15 is 0 Å². The molecular weight excluding hydrogens is 240 g/mol. The number of pyridine rings is 1. The van der Waals surface area contributed by atoms with Crippen molar-refractivity contribution in [3.8, 4) is 0 Å². The highest BCUT2D eigenvalue weighted by Crippen LogP contribution is 2.16. The summed E-state index contributed by atoms with van der Waals surface area (Å²) in [6.45, 7) is 3.62. The first kappa shape index (κ1) is 13.5. The number of aromatic nitrogens is 1. The quantitative estimate of drug-likeness (QED) is 0.638. The maximum absolute atomic E-state index is 11.2. The van der Waals surface area contributed by atoms with E-state index in [1.165, 1.54) is 10.9 Å². The Labute approximate surface area is 112 Å². The number of nitrogens with zero attached hydrogens (tertiary/aromatic N) is 1. The fraction of sp³-hybridized carbons (Fsp3) is 0.333. The zero-order valence-electron chi connectivity index (χ0n) is 11.1. The Morgan fingerprint density at radius 2 is 2.26 bits per heavy atom. The van der Waals surface area contributed by atoms with Gasteiger partial charge in [0.05, 0.1) is 13.0 Å². The highest BCUT2D eigenvalue weighted by molar-refractivity contribution is 5.84. The van der Waals surface area contributed by atoms with Crippen LogP contribution < -0.4 is 5.32 Å². The van der Waals surface area contributed by atoms with Crippen molar-refractivity contribution in [2.24, 2.45) is 0 Å². The first-order valence-corrected chi connectivity index (χ1v) is 6.49. The average Bonchev–Trinajstić information content (AvgIpc) is 2.44. The van der Waals surface area contributed by atoms with Crippen molar-refractivity contribution in [3.05, 3.63) is 42.2 Å². The van der Waals surface area contributed by atoms with Crippen molar-refractivity contribution in [1.82, 2.24) is 10.3 Å². The van der Waals surface area contributed by atoms with Gasteiger partial charge in [0.1, 0.15) is 0 Å². The predicted molar refractivity (Wildman–Crippen MR) is 74.7 cm³/mol. The molecule has 0 fully saturated rings. The van der Waals surface area contributed by atoms with E-state index in [9.17, 15) is 4.79 Å². The molecule has 1 heterocycles. The molecule has 2 rings (SSSR count). The van der Waals surface area contributed by atoms with Crippen molar-refractivity contribution in [1.29, 1.82) is 0 Å². The molecule has 2 aromatic rings. The van der Waals surface area contributed by atoms with Crippen LogP contribution >= 0.6 is 0 Å². The van der Waals surface area contributed by atoms with Gasteiger partial charge in [-0.25, -0.2) is 0 Å². The monoisotopic (exact) mass is 258 g/mol. The first-order valence-electron chi connectivity index (χ1n) is 6.49. The third kappa shape index (κ3) is 3.76. The van der Waals surface area contributed by atoms with Gasteiger partial charge in [-0.3, -0.25) is 9.78 Å². The lowest BCUT2D eigenvalue weighted by Crippen LogP contribution is -2.19. The highest BCUT2D eigenvalue weighted by Gasteiger charge is 2.02. The summed E-state index contributed by atoms with van der Waals surface area (Å²) >= 11 is 0. The number of carbonyl (C=O) groups excluding carboxylic acids is 1. The van der Waals surface area contributed by atoms with Crippen LogP contribution in [-0.4, -0.2) is 24.1 Å². The third-order valence-corrected chi connectivity index (χ3v) is 2.90. The van der Waals surface area contributed by atoms with Crippen LogP contribution in [0.5, 0.6) is 0 Å². The smallest absolute Gasteiger partial charge is 0.307 e. The van der Waals surface area contributed by atoms with E-state index in [1.807, 2.05) is 31.3 Å². The number of hydrogen-bond donors (Lipinski definition) is 1. The van der Waals surface area contributed by atoms with Gasteiger partial charge in [0, 0.05) is 30.9 Å². The Kier molecular flexibility index (Phi) is 4.86. The van der Waals surface area contributed by atoms with Crippen LogP contribution in [0.4, 0.5) is 0 Å². The second-order valence-electron chi connectivity index (χ2n) is 4.25. The molecule has 0 bridgehead atoms. The summed E-state index contributed by atoms with van der Waals surface area (Å²) in [5, 5.41) is 5.59. The number of esters is 1. The number of nitrogens with one attached hydrogen (secondary N) is 1. The van der Waals surface area contributed by atoms with Crippen LogP contribution in [0.1, 0.15) is 18.9 Å².